The second-order valence-electron chi connectivity index (χ2n) is 8.67. The summed E-state index contributed by atoms with van der Waals surface area (Å²) in [5.74, 6) is -0.385. The minimum Gasteiger partial charge on any atom is -0.371 e. The van der Waals surface area contributed by atoms with Crippen LogP contribution >= 0.6 is 11.3 Å². The van der Waals surface area contributed by atoms with Crippen molar-refractivity contribution in [3.8, 4) is 0 Å². The molecular weight excluding hydrogens is 470 g/mol. The van der Waals surface area contributed by atoms with E-state index in [2.05, 4.69) is 26.3 Å². The van der Waals surface area contributed by atoms with Crippen molar-refractivity contribution in [2.45, 2.75) is 26.2 Å². The highest BCUT2D eigenvalue weighted by Gasteiger charge is 2.18. The molecule has 1 N–H and O–H groups in total. The quantitative estimate of drug-likeness (QED) is 0.330. The summed E-state index contributed by atoms with van der Waals surface area (Å²) in [4.78, 5) is 37.8. The number of pyridine rings is 1. The number of rotatable bonds is 6. The second-order valence-corrected chi connectivity index (χ2v) is 9.51. The largest absolute Gasteiger partial charge is 0.371 e. The SMILES string of the molecule is CC(=O)N(c1ccccc1)c1nc(/C=C\C(=O)Nc2ccc(N3CCCCC3)c3ccncc23)cs1. The molecule has 5 rings (SSSR count). The molecule has 0 bridgehead atoms. The summed E-state index contributed by atoms with van der Waals surface area (Å²) in [6.07, 6.45) is 10.4. The van der Waals surface area contributed by atoms with Gasteiger partial charge < -0.3 is 10.2 Å². The van der Waals surface area contributed by atoms with E-state index in [0.717, 1.165) is 35.2 Å². The van der Waals surface area contributed by atoms with E-state index in [9.17, 15) is 9.59 Å². The number of fused-ring (bicyclic) bond motifs is 1. The number of nitrogens with one attached hydrogen (secondary N) is 1. The molecule has 8 heteroatoms. The minimum atomic E-state index is -0.257. The number of hydrogen-bond acceptors (Lipinski definition) is 6. The number of aromatic nitrogens is 2. The van der Waals surface area contributed by atoms with Crippen molar-refractivity contribution >= 4 is 62.2 Å². The lowest BCUT2D eigenvalue weighted by Crippen LogP contribution is -2.29. The molecule has 0 spiro atoms. The van der Waals surface area contributed by atoms with Crippen LogP contribution < -0.4 is 15.1 Å². The number of para-hydroxylation sites is 1. The summed E-state index contributed by atoms with van der Waals surface area (Å²) >= 11 is 1.35. The van der Waals surface area contributed by atoms with E-state index in [0.29, 0.717) is 10.8 Å². The average Bonchev–Trinajstić information content (AvgIpc) is 3.37. The van der Waals surface area contributed by atoms with Crippen LogP contribution in [-0.2, 0) is 9.59 Å². The van der Waals surface area contributed by atoms with Gasteiger partial charge in [-0.25, -0.2) is 4.98 Å². The highest BCUT2D eigenvalue weighted by Crippen LogP contribution is 2.33. The maximum absolute atomic E-state index is 12.8. The molecule has 0 unspecified atom stereocenters. The monoisotopic (exact) mass is 497 g/mol. The molecule has 182 valence electrons. The van der Waals surface area contributed by atoms with Crippen molar-refractivity contribution in [1.29, 1.82) is 0 Å². The number of nitrogens with zero attached hydrogens (tertiary/aromatic N) is 4. The average molecular weight is 498 g/mol. The first-order valence-corrected chi connectivity index (χ1v) is 12.9. The molecule has 1 aliphatic heterocycles. The molecule has 0 aliphatic carbocycles. The van der Waals surface area contributed by atoms with Gasteiger partial charge in [0.2, 0.25) is 11.8 Å². The molecule has 0 saturated carbocycles. The van der Waals surface area contributed by atoms with Gasteiger partial charge in [-0.2, -0.15) is 0 Å². The van der Waals surface area contributed by atoms with E-state index in [4.69, 9.17) is 0 Å². The van der Waals surface area contributed by atoms with Crippen molar-refractivity contribution < 1.29 is 9.59 Å². The Morgan fingerprint density at radius 2 is 1.83 bits per heavy atom. The molecular formula is C28H27N5O2S. The highest BCUT2D eigenvalue weighted by molar-refractivity contribution is 7.14. The van der Waals surface area contributed by atoms with Crippen molar-refractivity contribution in [2.24, 2.45) is 0 Å². The van der Waals surface area contributed by atoms with Crippen LogP contribution in [0.1, 0.15) is 31.9 Å². The standard InChI is InChI=1S/C28H27N5O2S/c1-20(34)33(22-8-4-2-5-9-22)28-30-21(19-36-28)10-13-27(35)31-25-11-12-26(32-16-6-3-7-17-32)23-14-15-29-18-24(23)25/h2,4-5,8-15,18-19H,3,6-7,16-17H2,1H3,(H,31,35)/b13-10-. The number of piperidine rings is 1. The number of thiazole rings is 1. The molecule has 4 aromatic rings. The topological polar surface area (TPSA) is 78.4 Å². The fourth-order valence-electron chi connectivity index (χ4n) is 4.49. The smallest absolute Gasteiger partial charge is 0.248 e. The third-order valence-corrected chi connectivity index (χ3v) is 7.03. The number of anilines is 4. The van der Waals surface area contributed by atoms with Gasteiger partial charge in [0.15, 0.2) is 5.13 Å². The molecule has 0 atom stereocenters. The van der Waals surface area contributed by atoms with Crippen molar-refractivity contribution in [1.82, 2.24) is 9.97 Å². The zero-order valence-corrected chi connectivity index (χ0v) is 20.9. The van der Waals surface area contributed by atoms with Crippen molar-refractivity contribution in [3.63, 3.8) is 0 Å². The molecule has 36 heavy (non-hydrogen) atoms. The first kappa shape index (κ1) is 23.7. The summed E-state index contributed by atoms with van der Waals surface area (Å²) < 4.78 is 0. The van der Waals surface area contributed by atoms with Crippen LogP contribution in [0.2, 0.25) is 0 Å². The van der Waals surface area contributed by atoms with Crippen LogP contribution in [0.3, 0.4) is 0 Å². The zero-order chi connectivity index (χ0) is 24.9. The van der Waals surface area contributed by atoms with E-state index in [-0.39, 0.29) is 11.8 Å². The van der Waals surface area contributed by atoms with E-state index in [1.54, 1.807) is 23.4 Å². The van der Waals surface area contributed by atoms with Crippen molar-refractivity contribution in [2.75, 3.05) is 28.2 Å². The van der Waals surface area contributed by atoms with E-state index >= 15 is 0 Å². The number of amides is 2. The lowest BCUT2D eigenvalue weighted by molar-refractivity contribution is -0.116. The first-order chi connectivity index (χ1) is 17.6. The van der Waals surface area contributed by atoms with E-state index in [1.807, 2.05) is 47.8 Å². The second kappa shape index (κ2) is 10.7. The van der Waals surface area contributed by atoms with Crippen LogP contribution in [-0.4, -0.2) is 34.9 Å². The van der Waals surface area contributed by atoms with Gasteiger partial charge in [-0.1, -0.05) is 18.2 Å². The van der Waals surface area contributed by atoms with Gasteiger partial charge >= 0.3 is 0 Å². The summed E-state index contributed by atoms with van der Waals surface area (Å²) in [5.41, 5.74) is 3.27. The molecule has 2 aromatic carbocycles. The lowest BCUT2D eigenvalue weighted by Gasteiger charge is -2.30. The summed E-state index contributed by atoms with van der Waals surface area (Å²) in [7, 11) is 0. The predicted octanol–water partition coefficient (Wildman–Crippen LogP) is 6.02. The van der Waals surface area contributed by atoms with Crippen LogP contribution in [0.15, 0.2) is 72.4 Å². The minimum absolute atomic E-state index is 0.127. The normalized spacial score (nSPS) is 13.8. The van der Waals surface area contributed by atoms with E-state index < -0.39 is 0 Å². The number of hydrogen-bond donors (Lipinski definition) is 1. The van der Waals surface area contributed by atoms with Crippen LogP contribution in [0.25, 0.3) is 16.8 Å². The Morgan fingerprint density at radius 3 is 2.61 bits per heavy atom. The Bertz CT molecular complexity index is 1410. The van der Waals surface area contributed by atoms with Crippen molar-refractivity contribution in [3.05, 3.63) is 78.1 Å². The van der Waals surface area contributed by atoms with Crippen LogP contribution in [0, 0.1) is 0 Å². The van der Waals surface area contributed by atoms with Crippen LogP contribution in [0.4, 0.5) is 22.2 Å². The van der Waals surface area contributed by atoms with Gasteiger partial charge in [-0.15, -0.1) is 11.3 Å². The van der Waals surface area contributed by atoms with Gasteiger partial charge in [0.1, 0.15) is 0 Å². The molecule has 7 nitrogen and oxygen atoms in total. The Balaban J connectivity index is 1.32. The summed E-state index contributed by atoms with van der Waals surface area (Å²) in [6, 6.07) is 15.4. The molecule has 2 amide bonds. The maximum Gasteiger partial charge on any atom is 0.248 e. The Labute approximate surface area is 214 Å². The molecule has 0 radical (unpaired) electrons. The van der Waals surface area contributed by atoms with Gasteiger partial charge in [-0.05, 0) is 55.7 Å². The Morgan fingerprint density at radius 1 is 1.03 bits per heavy atom. The zero-order valence-electron chi connectivity index (χ0n) is 20.1. The Hall–Kier alpha value is -4.04. The summed E-state index contributed by atoms with van der Waals surface area (Å²) in [5, 5.41) is 7.37. The fourth-order valence-corrected chi connectivity index (χ4v) is 5.34. The van der Waals surface area contributed by atoms with Gasteiger partial charge in [-0.3, -0.25) is 19.5 Å². The third-order valence-electron chi connectivity index (χ3n) is 6.19. The lowest BCUT2D eigenvalue weighted by atomic mass is 10.1. The van der Waals surface area contributed by atoms with Gasteiger partial charge in [0.05, 0.1) is 17.1 Å². The number of carbonyl (C=O) groups is 2. The number of carbonyl (C=O) groups excluding carboxylic acids is 2. The summed E-state index contributed by atoms with van der Waals surface area (Å²) in [6.45, 7) is 3.60. The Kier molecular flexibility index (Phi) is 7.04. The first-order valence-electron chi connectivity index (χ1n) is 12.0. The number of benzene rings is 2. The predicted molar refractivity (Wildman–Crippen MR) is 147 cm³/mol. The maximum atomic E-state index is 12.8. The molecule has 3 heterocycles. The van der Waals surface area contributed by atoms with Crippen LogP contribution in [0.5, 0.6) is 0 Å². The van der Waals surface area contributed by atoms with Gasteiger partial charge in [0.25, 0.3) is 0 Å². The molecule has 1 saturated heterocycles. The third kappa shape index (κ3) is 5.13. The molecule has 1 aliphatic rings. The highest BCUT2D eigenvalue weighted by atomic mass is 32.1. The van der Waals surface area contributed by atoms with Gasteiger partial charge in [0, 0.05) is 60.3 Å². The molecule has 2 aromatic heterocycles. The fraction of sp³-hybridized carbons (Fsp3) is 0.214. The van der Waals surface area contributed by atoms with E-state index in [1.165, 1.54) is 49.3 Å². The molecule has 1 fully saturated rings.